The summed E-state index contributed by atoms with van der Waals surface area (Å²) in [7, 11) is 0. The molecule has 0 aromatic heterocycles. The number of phenolic OH excluding ortho intramolecular Hbond substituents is 2. The SMILES string of the molecule is C[C@]12C3=CC(=O)C(=O)C=C3[C@](C)(c3ccccc31)c1cc(O)c(O)cc12. The van der Waals surface area contributed by atoms with Crippen LogP contribution < -0.4 is 0 Å². The quantitative estimate of drug-likeness (QED) is 0.438. The molecule has 128 valence electrons. The van der Waals surface area contributed by atoms with Crippen LogP contribution in [0.1, 0.15) is 36.1 Å². The normalized spacial score (nSPS) is 28.1. The first-order valence-electron chi connectivity index (χ1n) is 8.49. The lowest BCUT2D eigenvalue weighted by Gasteiger charge is -2.56. The molecule has 26 heavy (non-hydrogen) atoms. The topological polar surface area (TPSA) is 74.6 Å². The fraction of sp³-hybridized carbons (Fsp3) is 0.182. The molecule has 0 heterocycles. The van der Waals surface area contributed by atoms with Gasteiger partial charge in [0, 0.05) is 10.8 Å². The van der Waals surface area contributed by atoms with Crippen molar-refractivity contribution in [2.75, 3.05) is 0 Å². The lowest BCUT2D eigenvalue weighted by atomic mass is 9.45. The Kier molecular flexibility index (Phi) is 2.52. The van der Waals surface area contributed by atoms with Gasteiger partial charge in [-0.2, -0.15) is 0 Å². The van der Waals surface area contributed by atoms with E-state index in [0.29, 0.717) is 0 Å². The number of carbonyl (C=O) groups excluding carboxylic acids is 2. The van der Waals surface area contributed by atoms with Crippen LogP contribution in [0.25, 0.3) is 0 Å². The summed E-state index contributed by atoms with van der Waals surface area (Å²) in [5, 5.41) is 20.3. The molecule has 0 amide bonds. The molecule has 0 spiro atoms. The highest BCUT2D eigenvalue weighted by Gasteiger charge is 2.58. The van der Waals surface area contributed by atoms with Crippen molar-refractivity contribution in [3.8, 4) is 11.5 Å². The van der Waals surface area contributed by atoms with Crippen LogP contribution in [0.4, 0.5) is 0 Å². The standard InChI is InChI=1S/C22H16O4/c1-21-11-5-3-4-6-12(11)22(2,15-9-19(25)17(23)7-13(15)21)16-10-20(26)18(24)8-14(16)21/h3-10,23,25H,1-2H3/t21-,22+. The second kappa shape index (κ2) is 4.33. The Hall–Kier alpha value is -3.14. The van der Waals surface area contributed by atoms with E-state index in [1.54, 1.807) is 12.1 Å². The first-order valence-corrected chi connectivity index (χ1v) is 8.49. The van der Waals surface area contributed by atoms with E-state index in [9.17, 15) is 19.8 Å². The summed E-state index contributed by atoms with van der Waals surface area (Å²) in [6.45, 7) is 4.01. The van der Waals surface area contributed by atoms with E-state index in [4.69, 9.17) is 0 Å². The van der Waals surface area contributed by atoms with Crippen molar-refractivity contribution in [2.45, 2.75) is 24.7 Å². The molecule has 2 atom stereocenters. The molecule has 2 aromatic carbocycles. The fourth-order valence-electron chi connectivity index (χ4n) is 5.02. The monoisotopic (exact) mass is 344 g/mol. The van der Waals surface area contributed by atoms with E-state index in [1.165, 1.54) is 12.2 Å². The Morgan fingerprint density at radius 1 is 0.692 bits per heavy atom. The van der Waals surface area contributed by atoms with Crippen LogP contribution in [0, 0.1) is 0 Å². The number of carbonyl (C=O) groups is 2. The Morgan fingerprint density at radius 3 is 1.46 bits per heavy atom. The van der Waals surface area contributed by atoms with Crippen molar-refractivity contribution in [3.05, 3.63) is 82.0 Å². The predicted octanol–water partition coefficient (Wildman–Crippen LogP) is 3.04. The van der Waals surface area contributed by atoms with E-state index in [0.717, 1.165) is 33.4 Å². The van der Waals surface area contributed by atoms with Gasteiger partial charge in [0.05, 0.1) is 0 Å². The van der Waals surface area contributed by atoms with E-state index in [-0.39, 0.29) is 11.5 Å². The largest absolute Gasteiger partial charge is 0.504 e. The molecule has 2 aromatic rings. The number of benzene rings is 2. The number of rotatable bonds is 0. The molecule has 0 aliphatic heterocycles. The number of phenols is 2. The van der Waals surface area contributed by atoms with Gasteiger partial charge in [-0.15, -0.1) is 0 Å². The lowest BCUT2D eigenvalue weighted by Crippen LogP contribution is -2.51. The van der Waals surface area contributed by atoms with Gasteiger partial charge in [0.1, 0.15) is 0 Å². The number of ketones is 2. The fourth-order valence-corrected chi connectivity index (χ4v) is 5.02. The number of aromatic hydroxyl groups is 2. The molecule has 4 aliphatic carbocycles. The van der Waals surface area contributed by atoms with Gasteiger partial charge in [-0.3, -0.25) is 9.59 Å². The summed E-state index contributed by atoms with van der Waals surface area (Å²) in [5.41, 5.74) is 4.01. The molecule has 6 rings (SSSR count). The Balaban J connectivity index is 2.02. The molecule has 0 saturated heterocycles. The van der Waals surface area contributed by atoms with Crippen LogP contribution in [0.15, 0.2) is 59.7 Å². The molecule has 2 bridgehead atoms. The summed E-state index contributed by atoms with van der Waals surface area (Å²) < 4.78 is 0. The smallest absolute Gasteiger partial charge is 0.226 e. The summed E-state index contributed by atoms with van der Waals surface area (Å²) in [6.07, 6.45) is 2.89. The second-order valence-corrected chi connectivity index (χ2v) is 7.53. The molecule has 0 saturated carbocycles. The zero-order chi connectivity index (χ0) is 18.4. The molecule has 0 fully saturated rings. The molecule has 4 heteroatoms. The van der Waals surface area contributed by atoms with Crippen molar-refractivity contribution in [2.24, 2.45) is 0 Å². The minimum Gasteiger partial charge on any atom is -0.504 e. The van der Waals surface area contributed by atoms with Crippen molar-refractivity contribution in [3.63, 3.8) is 0 Å². The first kappa shape index (κ1) is 15.1. The van der Waals surface area contributed by atoms with Crippen LogP contribution in [0.5, 0.6) is 11.5 Å². The predicted molar refractivity (Wildman–Crippen MR) is 95.3 cm³/mol. The first-order chi connectivity index (χ1) is 12.3. The van der Waals surface area contributed by atoms with Gasteiger partial charge in [0.25, 0.3) is 0 Å². The number of hydrogen-bond acceptors (Lipinski definition) is 4. The maximum Gasteiger partial charge on any atom is 0.226 e. The Labute approximate surface area is 150 Å². The molecule has 4 aliphatic rings. The highest BCUT2D eigenvalue weighted by atomic mass is 16.3. The number of hydrogen-bond donors (Lipinski definition) is 2. The van der Waals surface area contributed by atoms with Crippen LogP contribution in [-0.4, -0.2) is 21.8 Å². The van der Waals surface area contributed by atoms with Gasteiger partial charge in [0.15, 0.2) is 11.5 Å². The van der Waals surface area contributed by atoms with Crippen molar-refractivity contribution in [1.82, 2.24) is 0 Å². The highest BCUT2D eigenvalue weighted by Crippen LogP contribution is 2.65. The summed E-state index contributed by atoms with van der Waals surface area (Å²) in [6, 6.07) is 11.1. The highest BCUT2D eigenvalue weighted by molar-refractivity contribution is 6.47. The van der Waals surface area contributed by atoms with Gasteiger partial charge in [0.2, 0.25) is 11.6 Å². The molecule has 0 radical (unpaired) electrons. The summed E-state index contributed by atoms with van der Waals surface area (Å²) in [4.78, 5) is 24.3. The van der Waals surface area contributed by atoms with Crippen molar-refractivity contribution >= 4 is 11.6 Å². The minimum atomic E-state index is -0.683. The number of allylic oxidation sites excluding steroid dienone is 4. The minimum absolute atomic E-state index is 0.192. The maximum atomic E-state index is 12.2. The molecule has 0 unspecified atom stereocenters. The third-order valence-electron chi connectivity index (χ3n) is 6.36. The molecular formula is C22H16O4. The zero-order valence-electron chi connectivity index (χ0n) is 14.3. The van der Waals surface area contributed by atoms with Gasteiger partial charge in [-0.1, -0.05) is 24.3 Å². The maximum absolute atomic E-state index is 12.2. The van der Waals surface area contributed by atoms with Crippen molar-refractivity contribution < 1.29 is 19.8 Å². The van der Waals surface area contributed by atoms with E-state index < -0.39 is 22.4 Å². The third-order valence-corrected chi connectivity index (χ3v) is 6.36. The van der Waals surface area contributed by atoms with Gasteiger partial charge >= 0.3 is 0 Å². The molecular weight excluding hydrogens is 328 g/mol. The van der Waals surface area contributed by atoms with Crippen molar-refractivity contribution in [1.29, 1.82) is 0 Å². The van der Waals surface area contributed by atoms with Crippen LogP contribution >= 0.6 is 0 Å². The van der Waals surface area contributed by atoms with E-state index >= 15 is 0 Å². The van der Waals surface area contributed by atoms with Crippen LogP contribution in [0.2, 0.25) is 0 Å². The van der Waals surface area contributed by atoms with Gasteiger partial charge < -0.3 is 10.2 Å². The van der Waals surface area contributed by atoms with E-state index in [2.05, 4.69) is 0 Å². The second-order valence-electron chi connectivity index (χ2n) is 7.53. The average molecular weight is 344 g/mol. The lowest BCUT2D eigenvalue weighted by molar-refractivity contribution is -0.131. The summed E-state index contributed by atoms with van der Waals surface area (Å²) in [5.74, 6) is -1.43. The molecule has 2 N–H and O–H groups in total. The average Bonchev–Trinajstić information content (AvgIpc) is 2.62. The van der Waals surface area contributed by atoms with Gasteiger partial charge in [-0.25, -0.2) is 0 Å². The van der Waals surface area contributed by atoms with Crippen LogP contribution in [-0.2, 0) is 20.4 Å². The zero-order valence-corrected chi connectivity index (χ0v) is 14.3. The van der Waals surface area contributed by atoms with E-state index in [1.807, 2.05) is 38.1 Å². The Morgan fingerprint density at radius 2 is 1.08 bits per heavy atom. The van der Waals surface area contributed by atoms with Crippen LogP contribution in [0.3, 0.4) is 0 Å². The summed E-state index contributed by atoms with van der Waals surface area (Å²) >= 11 is 0. The van der Waals surface area contributed by atoms with Gasteiger partial charge in [-0.05, 0) is 71.5 Å². The third kappa shape index (κ3) is 1.43. The Bertz CT molecular complexity index is 1030. The molecule has 4 nitrogen and oxygen atoms in total.